The number of likely N-dealkylation sites (tertiary alicyclic amines) is 1. The first-order valence-corrected chi connectivity index (χ1v) is 13.6. The molecule has 0 spiro atoms. The van der Waals surface area contributed by atoms with E-state index in [1.807, 2.05) is 6.07 Å². The van der Waals surface area contributed by atoms with Gasteiger partial charge in [0, 0.05) is 44.5 Å². The summed E-state index contributed by atoms with van der Waals surface area (Å²) < 4.78 is 57.4. The van der Waals surface area contributed by atoms with Crippen molar-refractivity contribution >= 4 is 11.8 Å². The van der Waals surface area contributed by atoms with Gasteiger partial charge in [-0.05, 0) is 61.4 Å². The number of benzene rings is 1. The summed E-state index contributed by atoms with van der Waals surface area (Å²) in [6.45, 7) is 2.74. The molecule has 2 unspecified atom stereocenters. The highest BCUT2D eigenvalue weighted by Gasteiger charge is 2.41. The molecular weight excluding hydrogens is 515 g/mol. The number of rotatable bonds is 6. The van der Waals surface area contributed by atoms with Crippen LogP contribution in [0, 0.1) is 0 Å². The molecule has 11 heteroatoms. The summed E-state index contributed by atoms with van der Waals surface area (Å²) in [5.41, 5.74) is 0.853. The number of ether oxygens (including phenoxy) is 2. The average Bonchev–Trinajstić information content (AvgIpc) is 3.64. The summed E-state index contributed by atoms with van der Waals surface area (Å²) in [5, 5.41) is 3.08. The number of hydrogen-bond donors (Lipinski definition) is 1. The van der Waals surface area contributed by atoms with Crippen LogP contribution >= 0.6 is 0 Å². The summed E-state index contributed by atoms with van der Waals surface area (Å²) in [6, 6.07) is 5.26. The van der Waals surface area contributed by atoms with Gasteiger partial charge in [0.2, 0.25) is 5.91 Å². The van der Waals surface area contributed by atoms with Gasteiger partial charge in [0.15, 0.2) is 0 Å². The normalized spacial score (nSPS) is 26.1. The Hall–Kier alpha value is -2.89. The summed E-state index contributed by atoms with van der Waals surface area (Å²) in [6.07, 6.45) is 0.645. The number of furan rings is 1. The van der Waals surface area contributed by atoms with E-state index in [9.17, 15) is 22.8 Å². The van der Waals surface area contributed by atoms with Gasteiger partial charge in [-0.15, -0.1) is 0 Å². The molecule has 4 heterocycles. The number of carbonyl (C=O) groups excluding carboxylic acids is 2. The number of alkyl halides is 3. The van der Waals surface area contributed by atoms with Gasteiger partial charge in [-0.3, -0.25) is 14.5 Å². The van der Waals surface area contributed by atoms with Gasteiger partial charge >= 0.3 is 6.18 Å². The van der Waals surface area contributed by atoms with Crippen molar-refractivity contribution in [2.24, 2.45) is 0 Å². The van der Waals surface area contributed by atoms with Crippen LogP contribution in [0.3, 0.4) is 0 Å². The average molecular weight is 548 g/mol. The molecule has 2 amide bonds. The van der Waals surface area contributed by atoms with Crippen molar-refractivity contribution in [1.82, 2.24) is 15.1 Å². The van der Waals surface area contributed by atoms with Gasteiger partial charge in [0.05, 0.1) is 30.5 Å². The minimum absolute atomic E-state index is 0.00660. The fraction of sp³-hybridized carbons (Fsp3) is 0.571. The molecule has 6 rings (SSSR count). The predicted octanol–water partition coefficient (Wildman–Crippen LogP) is 3.35. The molecule has 2 aromatic rings. The van der Waals surface area contributed by atoms with Crippen LogP contribution in [0.2, 0.25) is 0 Å². The van der Waals surface area contributed by atoms with Gasteiger partial charge in [0.25, 0.3) is 5.91 Å². The van der Waals surface area contributed by atoms with E-state index in [4.69, 9.17) is 13.9 Å². The molecular formula is C28H32F3N3O5. The van der Waals surface area contributed by atoms with Crippen molar-refractivity contribution < 1.29 is 36.7 Å². The number of hydrogen-bond acceptors (Lipinski definition) is 6. The van der Waals surface area contributed by atoms with Gasteiger partial charge in [-0.1, -0.05) is 6.07 Å². The molecule has 0 saturated carbocycles. The quantitative estimate of drug-likeness (QED) is 0.598. The number of carbonyl (C=O) groups is 2. The minimum Gasteiger partial charge on any atom is -0.466 e. The lowest BCUT2D eigenvalue weighted by Crippen LogP contribution is -2.50. The van der Waals surface area contributed by atoms with E-state index in [2.05, 4.69) is 10.2 Å². The first-order valence-electron chi connectivity index (χ1n) is 13.6. The molecule has 1 aromatic heterocycles. The van der Waals surface area contributed by atoms with Crippen LogP contribution in [0.4, 0.5) is 13.2 Å². The molecule has 3 atom stereocenters. The second-order valence-electron chi connectivity index (χ2n) is 10.8. The van der Waals surface area contributed by atoms with E-state index in [-0.39, 0.29) is 42.8 Å². The molecule has 0 bridgehead atoms. The lowest BCUT2D eigenvalue weighted by molar-refractivity contribution is -0.137. The third-order valence-corrected chi connectivity index (χ3v) is 8.38. The van der Waals surface area contributed by atoms with Crippen molar-refractivity contribution in [2.75, 3.05) is 39.4 Å². The van der Waals surface area contributed by atoms with E-state index in [1.165, 1.54) is 11.0 Å². The number of fused-ring (bicyclic) bond motifs is 2. The predicted molar refractivity (Wildman–Crippen MR) is 133 cm³/mol. The molecule has 3 aliphatic heterocycles. The summed E-state index contributed by atoms with van der Waals surface area (Å²) in [5.74, 6) is -0.0615. The number of nitrogens with zero attached hydrogens (tertiary/aromatic N) is 2. The summed E-state index contributed by atoms with van der Waals surface area (Å²) in [4.78, 5) is 29.9. The molecule has 2 fully saturated rings. The molecule has 4 aliphatic rings. The Balaban J connectivity index is 1.13. The molecule has 8 nitrogen and oxygen atoms in total. The molecule has 39 heavy (non-hydrogen) atoms. The van der Waals surface area contributed by atoms with E-state index >= 15 is 0 Å². The molecule has 210 valence electrons. The van der Waals surface area contributed by atoms with Crippen LogP contribution in [-0.4, -0.2) is 79.2 Å². The van der Waals surface area contributed by atoms with Crippen LogP contribution in [0.1, 0.15) is 58.2 Å². The summed E-state index contributed by atoms with van der Waals surface area (Å²) in [7, 11) is 0. The lowest BCUT2D eigenvalue weighted by Gasteiger charge is -2.31. The third kappa shape index (κ3) is 5.44. The smallest absolute Gasteiger partial charge is 0.416 e. The topological polar surface area (TPSA) is 84.3 Å². The number of nitrogens with one attached hydrogen (secondary N) is 1. The SMILES string of the molecule is O=C(CN1CCc2ccc(C(F)(F)F)cc2C1=O)NC1CN(C2CCOCC2)C[C@@H]1OC1CCc2ccoc21. The molecule has 0 radical (unpaired) electrons. The zero-order valence-corrected chi connectivity index (χ0v) is 21.5. The highest BCUT2D eigenvalue weighted by molar-refractivity contribution is 5.99. The Kier molecular flexibility index (Phi) is 7.15. The van der Waals surface area contributed by atoms with E-state index < -0.39 is 17.6 Å². The largest absolute Gasteiger partial charge is 0.466 e. The highest BCUT2D eigenvalue weighted by atomic mass is 19.4. The molecule has 1 aliphatic carbocycles. The first kappa shape index (κ1) is 26.3. The monoisotopic (exact) mass is 547 g/mol. The minimum atomic E-state index is -4.54. The van der Waals surface area contributed by atoms with Gasteiger partial charge < -0.3 is 24.1 Å². The van der Waals surface area contributed by atoms with Crippen molar-refractivity contribution in [2.45, 2.75) is 62.6 Å². The number of amides is 2. The zero-order chi connectivity index (χ0) is 27.1. The van der Waals surface area contributed by atoms with Crippen LogP contribution in [0.25, 0.3) is 0 Å². The third-order valence-electron chi connectivity index (χ3n) is 8.38. The van der Waals surface area contributed by atoms with Crippen molar-refractivity contribution in [3.63, 3.8) is 0 Å². The number of halogens is 3. The van der Waals surface area contributed by atoms with E-state index in [1.54, 1.807) is 6.26 Å². The Morgan fingerprint density at radius 3 is 2.69 bits per heavy atom. The van der Waals surface area contributed by atoms with E-state index in [0.717, 1.165) is 49.1 Å². The number of aryl methyl sites for hydroxylation is 1. The highest BCUT2D eigenvalue weighted by Crippen LogP contribution is 2.37. The Bertz CT molecular complexity index is 1230. The summed E-state index contributed by atoms with van der Waals surface area (Å²) >= 11 is 0. The zero-order valence-electron chi connectivity index (χ0n) is 21.5. The van der Waals surface area contributed by atoms with Crippen LogP contribution < -0.4 is 5.32 Å². The van der Waals surface area contributed by atoms with Crippen molar-refractivity contribution in [3.05, 3.63) is 58.5 Å². The maximum absolute atomic E-state index is 13.2. The fourth-order valence-electron chi connectivity index (χ4n) is 6.30. The second kappa shape index (κ2) is 10.6. The van der Waals surface area contributed by atoms with Crippen LogP contribution in [0.15, 0.2) is 34.9 Å². The van der Waals surface area contributed by atoms with Crippen molar-refractivity contribution in [1.29, 1.82) is 0 Å². The lowest BCUT2D eigenvalue weighted by atomic mass is 9.96. The molecule has 1 aromatic carbocycles. The second-order valence-corrected chi connectivity index (χ2v) is 10.8. The first-order chi connectivity index (χ1) is 18.8. The Morgan fingerprint density at radius 2 is 1.90 bits per heavy atom. The van der Waals surface area contributed by atoms with E-state index in [0.29, 0.717) is 44.3 Å². The van der Waals surface area contributed by atoms with Gasteiger partial charge in [-0.25, -0.2) is 0 Å². The molecule has 1 N–H and O–H groups in total. The maximum atomic E-state index is 13.2. The van der Waals surface area contributed by atoms with Gasteiger partial charge in [0.1, 0.15) is 11.9 Å². The standard InChI is InChI=1S/C28H32F3N3O5/c29-28(30,31)19-3-1-17-5-9-33(27(36)21(17)13-19)16-25(35)32-22-14-34(20-7-10-37-11-8-20)15-24(22)39-23-4-2-18-6-12-38-26(18)23/h1,3,6,12-13,20,22-24H,2,4-5,7-11,14-16H2,(H,32,35)/t22?,23?,24-/m0/s1. The molecule has 2 saturated heterocycles. The Morgan fingerprint density at radius 1 is 1.08 bits per heavy atom. The Labute approximate surface area is 224 Å². The van der Waals surface area contributed by atoms with Crippen LogP contribution in [0.5, 0.6) is 0 Å². The van der Waals surface area contributed by atoms with Crippen molar-refractivity contribution in [3.8, 4) is 0 Å². The van der Waals surface area contributed by atoms with Gasteiger partial charge in [-0.2, -0.15) is 13.2 Å². The fourth-order valence-corrected chi connectivity index (χ4v) is 6.30. The maximum Gasteiger partial charge on any atom is 0.416 e. The van der Waals surface area contributed by atoms with Crippen LogP contribution in [-0.2, 0) is 33.3 Å².